The lowest BCUT2D eigenvalue weighted by Crippen LogP contribution is -2.26. The molecule has 0 heterocycles. The average molecular weight is 249 g/mol. The molecule has 1 atom stereocenters. The second-order valence-electron chi connectivity index (χ2n) is 5.33. The fourth-order valence-electron chi connectivity index (χ4n) is 1.82. The zero-order chi connectivity index (χ0) is 13.8. The van der Waals surface area contributed by atoms with Gasteiger partial charge in [-0.15, -0.1) is 0 Å². The fraction of sp³-hybridized carbons (Fsp3) is 0.429. The number of rotatable bonds is 4. The van der Waals surface area contributed by atoms with Gasteiger partial charge in [0.15, 0.2) is 0 Å². The smallest absolute Gasteiger partial charge is 0.404 e. The summed E-state index contributed by atoms with van der Waals surface area (Å²) in [6.45, 7) is 6.43. The van der Waals surface area contributed by atoms with Crippen LogP contribution in [0.25, 0.3) is 0 Å². The van der Waals surface area contributed by atoms with E-state index in [1.54, 1.807) is 12.1 Å². The molecule has 0 aliphatic rings. The van der Waals surface area contributed by atoms with Crippen molar-refractivity contribution < 1.29 is 14.3 Å². The summed E-state index contributed by atoms with van der Waals surface area (Å²) in [5, 5.41) is 0. The lowest BCUT2D eigenvalue weighted by atomic mass is 9.77. The maximum absolute atomic E-state index is 10.7. The average Bonchev–Trinajstić information content (AvgIpc) is 2.28. The van der Waals surface area contributed by atoms with Crippen molar-refractivity contribution >= 4 is 12.4 Å². The number of hydrogen-bond donors (Lipinski definition) is 1. The van der Waals surface area contributed by atoms with E-state index in [4.69, 9.17) is 10.5 Å². The largest absolute Gasteiger partial charge is 0.449 e. The Hall–Kier alpha value is -1.84. The van der Waals surface area contributed by atoms with Crippen LogP contribution in [0.15, 0.2) is 24.3 Å². The molecule has 0 spiro atoms. The molecule has 4 nitrogen and oxygen atoms in total. The number of nitrogens with two attached hydrogens (primary N) is 1. The van der Waals surface area contributed by atoms with E-state index in [0.29, 0.717) is 5.56 Å². The second kappa shape index (κ2) is 5.67. The lowest BCUT2D eigenvalue weighted by Gasteiger charge is -2.30. The van der Waals surface area contributed by atoms with Crippen LogP contribution >= 0.6 is 0 Å². The second-order valence-corrected chi connectivity index (χ2v) is 5.33. The molecule has 0 radical (unpaired) electrons. The molecule has 2 N–H and O–H groups in total. The van der Waals surface area contributed by atoms with E-state index in [-0.39, 0.29) is 17.9 Å². The van der Waals surface area contributed by atoms with Crippen LogP contribution in [0.3, 0.4) is 0 Å². The summed E-state index contributed by atoms with van der Waals surface area (Å²) < 4.78 is 4.91. The number of carbonyl (C=O) groups excluding carboxylic acids is 2. The molecule has 1 unspecified atom stereocenters. The minimum atomic E-state index is -0.770. The zero-order valence-electron chi connectivity index (χ0n) is 11.0. The SMILES string of the molecule is CC(C)(C)C(COC(N)=O)c1ccc(C=O)cc1. The van der Waals surface area contributed by atoms with Gasteiger partial charge in [0, 0.05) is 11.5 Å². The van der Waals surface area contributed by atoms with E-state index in [2.05, 4.69) is 20.8 Å². The molecule has 0 saturated heterocycles. The highest BCUT2D eigenvalue weighted by molar-refractivity contribution is 5.74. The first kappa shape index (κ1) is 14.2. The molecule has 0 fully saturated rings. The van der Waals surface area contributed by atoms with E-state index in [1.807, 2.05) is 12.1 Å². The quantitative estimate of drug-likeness (QED) is 0.834. The van der Waals surface area contributed by atoms with Gasteiger partial charge >= 0.3 is 6.09 Å². The molecular formula is C14H19NO3. The Morgan fingerprint density at radius 3 is 2.28 bits per heavy atom. The molecule has 0 bridgehead atoms. The summed E-state index contributed by atoms with van der Waals surface area (Å²) >= 11 is 0. The minimum absolute atomic E-state index is 0.0331. The van der Waals surface area contributed by atoms with Gasteiger partial charge in [0.25, 0.3) is 0 Å². The van der Waals surface area contributed by atoms with E-state index < -0.39 is 6.09 Å². The van der Waals surface area contributed by atoms with Crippen LogP contribution < -0.4 is 5.73 Å². The Kier molecular flexibility index (Phi) is 4.48. The third-order valence-electron chi connectivity index (χ3n) is 2.91. The van der Waals surface area contributed by atoms with Crippen molar-refractivity contribution in [1.82, 2.24) is 0 Å². The van der Waals surface area contributed by atoms with Gasteiger partial charge < -0.3 is 10.5 Å². The van der Waals surface area contributed by atoms with E-state index in [0.717, 1.165) is 11.8 Å². The summed E-state index contributed by atoms with van der Waals surface area (Å²) in [4.78, 5) is 21.3. The number of aldehydes is 1. The maximum atomic E-state index is 10.7. The number of benzene rings is 1. The highest BCUT2D eigenvalue weighted by atomic mass is 16.5. The van der Waals surface area contributed by atoms with Crippen molar-refractivity contribution in [2.75, 3.05) is 6.61 Å². The first-order chi connectivity index (χ1) is 8.34. The predicted octanol–water partition coefficient (Wildman–Crippen LogP) is 2.72. The normalized spacial score (nSPS) is 12.8. The summed E-state index contributed by atoms with van der Waals surface area (Å²) in [6.07, 6.45) is 0.0317. The van der Waals surface area contributed by atoms with E-state index in [9.17, 15) is 9.59 Å². The number of hydrogen-bond acceptors (Lipinski definition) is 3. The Bertz CT molecular complexity index is 418. The standard InChI is InChI=1S/C14H19NO3/c1-14(2,3)12(9-18-13(15)17)11-6-4-10(8-16)5-7-11/h4-8,12H,9H2,1-3H3,(H2,15,17). The van der Waals surface area contributed by atoms with Crippen LogP contribution in [0.1, 0.15) is 42.6 Å². The van der Waals surface area contributed by atoms with Gasteiger partial charge in [-0.3, -0.25) is 4.79 Å². The molecule has 0 aliphatic carbocycles. The van der Waals surface area contributed by atoms with Gasteiger partial charge in [-0.05, 0) is 11.0 Å². The molecule has 1 rings (SSSR count). The lowest BCUT2D eigenvalue weighted by molar-refractivity contribution is 0.112. The molecule has 1 amide bonds. The zero-order valence-corrected chi connectivity index (χ0v) is 11.0. The van der Waals surface area contributed by atoms with Crippen LogP contribution in [0.2, 0.25) is 0 Å². The van der Waals surface area contributed by atoms with Crippen molar-refractivity contribution in [1.29, 1.82) is 0 Å². The number of ether oxygens (including phenoxy) is 1. The van der Waals surface area contributed by atoms with Crippen molar-refractivity contribution in [3.63, 3.8) is 0 Å². The number of carbonyl (C=O) groups is 2. The Labute approximate surface area is 107 Å². The summed E-state index contributed by atoms with van der Waals surface area (Å²) in [5.41, 5.74) is 6.58. The molecular weight excluding hydrogens is 230 g/mol. The molecule has 98 valence electrons. The molecule has 1 aromatic carbocycles. The van der Waals surface area contributed by atoms with Crippen molar-refractivity contribution in [3.05, 3.63) is 35.4 Å². The van der Waals surface area contributed by atoms with Gasteiger partial charge in [0.2, 0.25) is 0 Å². The van der Waals surface area contributed by atoms with Crippen LogP contribution in [0.4, 0.5) is 4.79 Å². The predicted molar refractivity (Wildman–Crippen MR) is 69.6 cm³/mol. The van der Waals surface area contributed by atoms with Gasteiger partial charge in [-0.1, -0.05) is 45.0 Å². The Morgan fingerprint density at radius 1 is 1.33 bits per heavy atom. The highest BCUT2D eigenvalue weighted by Gasteiger charge is 2.27. The van der Waals surface area contributed by atoms with Crippen molar-refractivity contribution in [2.45, 2.75) is 26.7 Å². The summed E-state index contributed by atoms with van der Waals surface area (Å²) in [5.74, 6) is 0.0331. The van der Waals surface area contributed by atoms with E-state index in [1.165, 1.54) is 0 Å². The minimum Gasteiger partial charge on any atom is -0.449 e. The monoisotopic (exact) mass is 249 g/mol. The Morgan fingerprint density at radius 2 is 1.89 bits per heavy atom. The number of amides is 1. The fourth-order valence-corrected chi connectivity index (χ4v) is 1.82. The molecule has 18 heavy (non-hydrogen) atoms. The molecule has 0 aromatic heterocycles. The summed E-state index contributed by atoms with van der Waals surface area (Å²) in [7, 11) is 0. The van der Waals surface area contributed by atoms with Crippen molar-refractivity contribution in [3.8, 4) is 0 Å². The van der Waals surface area contributed by atoms with Gasteiger partial charge in [-0.2, -0.15) is 0 Å². The molecule has 0 aliphatic heterocycles. The van der Waals surface area contributed by atoms with Gasteiger partial charge in [-0.25, -0.2) is 4.79 Å². The number of primary amides is 1. The Balaban J connectivity index is 2.94. The molecule has 1 aromatic rings. The third kappa shape index (κ3) is 3.87. The molecule has 4 heteroatoms. The maximum Gasteiger partial charge on any atom is 0.404 e. The highest BCUT2D eigenvalue weighted by Crippen LogP contribution is 2.35. The first-order valence-electron chi connectivity index (χ1n) is 5.82. The van der Waals surface area contributed by atoms with Gasteiger partial charge in [0.1, 0.15) is 12.9 Å². The summed E-state index contributed by atoms with van der Waals surface area (Å²) in [6, 6.07) is 7.27. The van der Waals surface area contributed by atoms with Crippen LogP contribution in [-0.2, 0) is 4.74 Å². The topological polar surface area (TPSA) is 69.4 Å². The van der Waals surface area contributed by atoms with Crippen LogP contribution in [-0.4, -0.2) is 19.0 Å². The van der Waals surface area contributed by atoms with Crippen LogP contribution in [0.5, 0.6) is 0 Å². The third-order valence-corrected chi connectivity index (χ3v) is 2.91. The first-order valence-corrected chi connectivity index (χ1v) is 5.82. The van der Waals surface area contributed by atoms with Crippen LogP contribution in [0, 0.1) is 5.41 Å². The van der Waals surface area contributed by atoms with Gasteiger partial charge in [0.05, 0.1) is 0 Å². The van der Waals surface area contributed by atoms with E-state index >= 15 is 0 Å². The van der Waals surface area contributed by atoms with Crippen molar-refractivity contribution in [2.24, 2.45) is 11.1 Å². The molecule has 0 saturated carbocycles.